The van der Waals surface area contributed by atoms with E-state index in [1.54, 1.807) is 4.90 Å². The van der Waals surface area contributed by atoms with Crippen LogP contribution in [0, 0.1) is 0 Å². The highest BCUT2D eigenvalue weighted by molar-refractivity contribution is 5.77. The second-order valence-corrected chi connectivity index (χ2v) is 4.87. The van der Waals surface area contributed by atoms with Gasteiger partial charge < -0.3 is 14.7 Å². The van der Waals surface area contributed by atoms with Gasteiger partial charge in [0.05, 0.1) is 19.4 Å². The van der Waals surface area contributed by atoms with Crippen LogP contribution in [0.1, 0.15) is 25.7 Å². The minimum atomic E-state index is -0.871. The van der Waals surface area contributed by atoms with Crippen molar-refractivity contribution < 1.29 is 19.4 Å². The first-order valence-electron chi connectivity index (χ1n) is 6.86. The zero-order chi connectivity index (χ0) is 14.4. The number of hydrogen-bond donors (Lipinski definition) is 1. The summed E-state index contributed by atoms with van der Waals surface area (Å²) in [5.74, 6) is -0.155. The normalized spacial score (nSPS) is 13.8. The Bertz CT molecular complexity index is 456. The molecule has 108 valence electrons. The molecule has 1 amide bonds. The zero-order valence-corrected chi connectivity index (χ0v) is 11.3. The van der Waals surface area contributed by atoms with Crippen LogP contribution in [0.25, 0.3) is 0 Å². The van der Waals surface area contributed by atoms with Crippen molar-refractivity contribution in [2.45, 2.75) is 31.7 Å². The number of amides is 1. The Kier molecular flexibility index (Phi) is 4.98. The second-order valence-electron chi connectivity index (χ2n) is 4.87. The molecule has 0 atom stereocenters. The van der Waals surface area contributed by atoms with Crippen molar-refractivity contribution >= 4 is 11.9 Å². The number of carbonyl (C=O) groups excluding carboxylic acids is 1. The SMILES string of the molecule is O=C(O)CCN(C(=O)CCOc1ccccc1)C1CC1. The van der Waals surface area contributed by atoms with Gasteiger partial charge in [-0.3, -0.25) is 9.59 Å². The van der Waals surface area contributed by atoms with Crippen molar-refractivity contribution in [3.63, 3.8) is 0 Å². The van der Waals surface area contributed by atoms with E-state index in [4.69, 9.17) is 9.84 Å². The van der Waals surface area contributed by atoms with Crippen LogP contribution in [0.3, 0.4) is 0 Å². The highest BCUT2D eigenvalue weighted by Crippen LogP contribution is 2.27. The van der Waals surface area contributed by atoms with Gasteiger partial charge in [0.2, 0.25) is 5.91 Å². The fourth-order valence-electron chi connectivity index (χ4n) is 2.03. The van der Waals surface area contributed by atoms with Gasteiger partial charge in [0, 0.05) is 12.6 Å². The highest BCUT2D eigenvalue weighted by Gasteiger charge is 2.32. The van der Waals surface area contributed by atoms with E-state index in [9.17, 15) is 9.59 Å². The molecule has 0 unspecified atom stereocenters. The molecule has 0 heterocycles. The summed E-state index contributed by atoms with van der Waals surface area (Å²) >= 11 is 0. The summed E-state index contributed by atoms with van der Waals surface area (Å²) in [7, 11) is 0. The lowest BCUT2D eigenvalue weighted by molar-refractivity contribution is -0.138. The number of nitrogens with zero attached hydrogens (tertiary/aromatic N) is 1. The van der Waals surface area contributed by atoms with Crippen LogP contribution >= 0.6 is 0 Å². The Morgan fingerprint density at radius 2 is 1.90 bits per heavy atom. The molecule has 1 aliphatic carbocycles. The predicted octanol–water partition coefficient (Wildman–Crippen LogP) is 1.92. The molecule has 2 rings (SSSR count). The number of carboxylic acids is 1. The quantitative estimate of drug-likeness (QED) is 0.788. The summed E-state index contributed by atoms with van der Waals surface area (Å²) in [6.45, 7) is 0.614. The van der Waals surface area contributed by atoms with Gasteiger partial charge in [0.1, 0.15) is 5.75 Å². The molecule has 5 heteroatoms. The van der Waals surface area contributed by atoms with E-state index < -0.39 is 5.97 Å². The molecule has 0 radical (unpaired) electrons. The van der Waals surface area contributed by atoms with Gasteiger partial charge in [-0.1, -0.05) is 18.2 Å². The molecule has 1 saturated carbocycles. The van der Waals surface area contributed by atoms with Gasteiger partial charge in [-0.25, -0.2) is 0 Å². The van der Waals surface area contributed by atoms with Gasteiger partial charge in [0.25, 0.3) is 0 Å². The molecule has 1 fully saturated rings. The monoisotopic (exact) mass is 277 g/mol. The molecule has 1 aromatic rings. The highest BCUT2D eigenvalue weighted by atomic mass is 16.5. The number of ether oxygens (including phenoxy) is 1. The first-order chi connectivity index (χ1) is 9.66. The lowest BCUT2D eigenvalue weighted by Gasteiger charge is -2.21. The Labute approximate surface area is 118 Å². The molecule has 0 saturated heterocycles. The van der Waals surface area contributed by atoms with Crippen LogP contribution in [0.2, 0.25) is 0 Å². The van der Waals surface area contributed by atoms with E-state index >= 15 is 0 Å². The van der Waals surface area contributed by atoms with Crippen LogP contribution in [-0.4, -0.2) is 41.1 Å². The number of carboxylic acid groups (broad SMARTS) is 1. The van der Waals surface area contributed by atoms with E-state index in [2.05, 4.69) is 0 Å². The van der Waals surface area contributed by atoms with Crippen molar-refractivity contribution in [1.82, 2.24) is 4.90 Å². The molecule has 0 bridgehead atoms. The molecule has 1 aliphatic rings. The maximum Gasteiger partial charge on any atom is 0.305 e. The number of carbonyl (C=O) groups is 2. The minimum absolute atomic E-state index is 0.00177. The van der Waals surface area contributed by atoms with Crippen LogP contribution in [0.15, 0.2) is 30.3 Å². The Balaban J connectivity index is 1.75. The van der Waals surface area contributed by atoms with E-state index in [0.29, 0.717) is 13.2 Å². The van der Waals surface area contributed by atoms with Crippen LogP contribution in [0.4, 0.5) is 0 Å². The first-order valence-corrected chi connectivity index (χ1v) is 6.86. The number of benzene rings is 1. The van der Waals surface area contributed by atoms with Gasteiger partial charge in [-0.05, 0) is 25.0 Å². The van der Waals surface area contributed by atoms with E-state index in [-0.39, 0.29) is 24.8 Å². The van der Waals surface area contributed by atoms with Crippen molar-refractivity contribution in [2.75, 3.05) is 13.2 Å². The summed E-state index contributed by atoms with van der Waals surface area (Å²) in [5, 5.41) is 8.71. The molecular weight excluding hydrogens is 258 g/mol. The standard InChI is InChI=1S/C15H19NO4/c17-14(9-11-20-13-4-2-1-3-5-13)16(12-6-7-12)10-8-15(18)19/h1-5,12H,6-11H2,(H,18,19). The minimum Gasteiger partial charge on any atom is -0.493 e. The average Bonchev–Trinajstić information content (AvgIpc) is 3.24. The van der Waals surface area contributed by atoms with E-state index in [1.807, 2.05) is 30.3 Å². The lowest BCUT2D eigenvalue weighted by atomic mass is 10.3. The number of rotatable bonds is 8. The Morgan fingerprint density at radius 3 is 2.50 bits per heavy atom. The van der Waals surface area contributed by atoms with Crippen molar-refractivity contribution in [3.05, 3.63) is 30.3 Å². The van der Waals surface area contributed by atoms with E-state index in [0.717, 1.165) is 18.6 Å². The fraction of sp³-hybridized carbons (Fsp3) is 0.467. The molecule has 0 aromatic heterocycles. The Morgan fingerprint density at radius 1 is 1.20 bits per heavy atom. The van der Waals surface area contributed by atoms with E-state index in [1.165, 1.54) is 0 Å². The molecule has 0 aliphatic heterocycles. The number of aliphatic carboxylic acids is 1. The van der Waals surface area contributed by atoms with Gasteiger partial charge in [-0.2, -0.15) is 0 Å². The van der Waals surface area contributed by atoms with Gasteiger partial charge >= 0.3 is 5.97 Å². The fourth-order valence-corrected chi connectivity index (χ4v) is 2.03. The third-order valence-corrected chi connectivity index (χ3v) is 3.20. The molecular formula is C15H19NO4. The summed E-state index contributed by atoms with van der Waals surface area (Å²) in [6, 6.07) is 9.57. The largest absolute Gasteiger partial charge is 0.493 e. The molecule has 1 N–H and O–H groups in total. The van der Waals surface area contributed by atoms with Crippen molar-refractivity contribution in [2.24, 2.45) is 0 Å². The molecule has 5 nitrogen and oxygen atoms in total. The summed E-state index contributed by atoms with van der Waals surface area (Å²) in [5.41, 5.74) is 0. The summed E-state index contributed by atoms with van der Waals surface area (Å²) < 4.78 is 5.49. The Hall–Kier alpha value is -2.04. The van der Waals surface area contributed by atoms with Crippen molar-refractivity contribution in [3.8, 4) is 5.75 Å². The van der Waals surface area contributed by atoms with Crippen LogP contribution in [-0.2, 0) is 9.59 Å². The molecule has 20 heavy (non-hydrogen) atoms. The topological polar surface area (TPSA) is 66.8 Å². The lowest BCUT2D eigenvalue weighted by Crippen LogP contribution is -2.35. The zero-order valence-electron chi connectivity index (χ0n) is 11.3. The number of para-hydroxylation sites is 1. The molecule has 1 aromatic carbocycles. The first kappa shape index (κ1) is 14.4. The predicted molar refractivity (Wildman–Crippen MR) is 73.5 cm³/mol. The van der Waals surface area contributed by atoms with Gasteiger partial charge in [-0.15, -0.1) is 0 Å². The van der Waals surface area contributed by atoms with Crippen LogP contribution < -0.4 is 4.74 Å². The summed E-state index contributed by atoms with van der Waals surface area (Å²) in [6.07, 6.45) is 2.24. The maximum absolute atomic E-state index is 12.1. The molecule has 0 spiro atoms. The van der Waals surface area contributed by atoms with Gasteiger partial charge in [0.15, 0.2) is 0 Å². The third-order valence-electron chi connectivity index (χ3n) is 3.20. The third kappa shape index (κ3) is 4.57. The maximum atomic E-state index is 12.1. The number of hydrogen-bond acceptors (Lipinski definition) is 3. The summed E-state index contributed by atoms with van der Waals surface area (Å²) in [4.78, 5) is 24.4. The smallest absolute Gasteiger partial charge is 0.305 e. The second kappa shape index (κ2) is 6.93. The average molecular weight is 277 g/mol. The van der Waals surface area contributed by atoms with Crippen molar-refractivity contribution in [1.29, 1.82) is 0 Å². The van der Waals surface area contributed by atoms with Crippen LogP contribution in [0.5, 0.6) is 5.75 Å².